The molecule has 0 radical (unpaired) electrons. The number of furan rings is 1. The van der Waals surface area contributed by atoms with Crippen LogP contribution in [0.1, 0.15) is 19.4 Å². The Bertz CT molecular complexity index is 538. The quantitative estimate of drug-likeness (QED) is 0.859. The molecule has 0 spiro atoms. The van der Waals surface area contributed by atoms with Gasteiger partial charge in [0.15, 0.2) is 5.60 Å². The molecule has 1 unspecified atom stereocenters. The lowest BCUT2D eigenvalue weighted by Crippen LogP contribution is -2.34. The van der Waals surface area contributed by atoms with Gasteiger partial charge in [-0.25, -0.2) is 4.79 Å². The number of aliphatic hydroxyl groups is 1. The van der Waals surface area contributed by atoms with E-state index in [-0.39, 0.29) is 6.61 Å². The summed E-state index contributed by atoms with van der Waals surface area (Å²) in [6.07, 6.45) is 1.60. The van der Waals surface area contributed by atoms with E-state index in [0.717, 1.165) is 11.3 Å². The van der Waals surface area contributed by atoms with Crippen LogP contribution >= 0.6 is 0 Å². The lowest BCUT2D eigenvalue weighted by molar-refractivity contribution is -0.164. The second-order valence-electron chi connectivity index (χ2n) is 4.35. The normalized spacial score (nSPS) is 13.8. The fourth-order valence-electron chi connectivity index (χ4n) is 1.79. The molecule has 2 aromatic rings. The van der Waals surface area contributed by atoms with Crippen LogP contribution in [0.2, 0.25) is 0 Å². The lowest BCUT2D eigenvalue weighted by Gasteiger charge is -2.21. The van der Waals surface area contributed by atoms with Gasteiger partial charge >= 0.3 is 5.97 Å². The van der Waals surface area contributed by atoms with Crippen molar-refractivity contribution < 1.29 is 19.1 Å². The van der Waals surface area contributed by atoms with Crippen molar-refractivity contribution in [1.29, 1.82) is 0 Å². The Hall–Kier alpha value is -2.07. The van der Waals surface area contributed by atoms with E-state index in [4.69, 9.17) is 9.15 Å². The molecule has 2 rings (SSSR count). The lowest BCUT2D eigenvalue weighted by atomic mass is 9.95. The Morgan fingerprint density at radius 2 is 2.00 bits per heavy atom. The second-order valence-corrected chi connectivity index (χ2v) is 4.35. The molecule has 0 aliphatic carbocycles. The topological polar surface area (TPSA) is 59.7 Å². The highest BCUT2D eigenvalue weighted by molar-refractivity contribution is 5.80. The summed E-state index contributed by atoms with van der Waals surface area (Å²) in [7, 11) is 0. The summed E-state index contributed by atoms with van der Waals surface area (Å²) in [5, 5.41) is 10.2. The van der Waals surface area contributed by atoms with E-state index >= 15 is 0 Å². The first-order chi connectivity index (χ1) is 9.05. The van der Waals surface area contributed by atoms with E-state index in [0.29, 0.717) is 5.56 Å². The number of ether oxygens (including phenoxy) is 1. The van der Waals surface area contributed by atoms with E-state index in [1.807, 2.05) is 6.07 Å². The zero-order chi connectivity index (χ0) is 13.9. The number of carbonyl (C=O) groups is 1. The Labute approximate surface area is 111 Å². The summed E-state index contributed by atoms with van der Waals surface area (Å²) in [5.74, 6) is 0.0862. The molecular weight excluding hydrogens is 244 g/mol. The smallest absolute Gasteiger partial charge is 0.342 e. The predicted molar refractivity (Wildman–Crippen MR) is 70.3 cm³/mol. The highest BCUT2D eigenvalue weighted by atomic mass is 16.5. The number of benzene rings is 1. The van der Waals surface area contributed by atoms with E-state index in [2.05, 4.69) is 0 Å². The Kier molecular flexibility index (Phi) is 3.71. The summed E-state index contributed by atoms with van der Waals surface area (Å²) in [6.45, 7) is 3.36. The number of carbonyl (C=O) groups excluding carboxylic acids is 1. The van der Waals surface area contributed by atoms with E-state index in [1.54, 1.807) is 43.5 Å². The third-order valence-corrected chi connectivity index (χ3v) is 2.93. The van der Waals surface area contributed by atoms with Gasteiger partial charge in [-0.3, -0.25) is 0 Å². The monoisotopic (exact) mass is 260 g/mol. The Morgan fingerprint density at radius 3 is 2.53 bits per heavy atom. The minimum absolute atomic E-state index is 0.236. The van der Waals surface area contributed by atoms with Gasteiger partial charge in [0.1, 0.15) is 5.76 Å². The van der Waals surface area contributed by atoms with E-state index in [1.165, 1.54) is 6.92 Å². The average Bonchev–Trinajstić information content (AvgIpc) is 2.93. The van der Waals surface area contributed by atoms with Crippen molar-refractivity contribution >= 4 is 5.97 Å². The summed E-state index contributed by atoms with van der Waals surface area (Å²) in [4.78, 5) is 11.7. The van der Waals surface area contributed by atoms with Gasteiger partial charge < -0.3 is 14.3 Å². The van der Waals surface area contributed by atoms with Crippen LogP contribution in [0.5, 0.6) is 0 Å². The van der Waals surface area contributed by atoms with Crippen LogP contribution in [-0.4, -0.2) is 17.7 Å². The van der Waals surface area contributed by atoms with Crippen molar-refractivity contribution in [1.82, 2.24) is 0 Å². The first-order valence-corrected chi connectivity index (χ1v) is 6.09. The molecule has 0 aliphatic rings. The molecule has 1 atom stereocenters. The maximum atomic E-state index is 11.7. The number of hydrogen-bond donors (Lipinski definition) is 1. The zero-order valence-electron chi connectivity index (χ0n) is 10.9. The van der Waals surface area contributed by atoms with Gasteiger partial charge in [0.2, 0.25) is 0 Å². The van der Waals surface area contributed by atoms with Gasteiger partial charge in [0, 0.05) is 5.56 Å². The van der Waals surface area contributed by atoms with Crippen LogP contribution in [0.3, 0.4) is 0 Å². The fraction of sp³-hybridized carbons (Fsp3) is 0.267. The van der Waals surface area contributed by atoms with Crippen LogP contribution < -0.4 is 0 Å². The summed E-state index contributed by atoms with van der Waals surface area (Å²) in [6, 6.07) is 10.6. The molecule has 0 saturated carbocycles. The summed E-state index contributed by atoms with van der Waals surface area (Å²) in [5.41, 5.74) is -0.271. The van der Waals surface area contributed by atoms with Crippen molar-refractivity contribution in [2.75, 3.05) is 6.61 Å². The van der Waals surface area contributed by atoms with Crippen molar-refractivity contribution in [3.8, 4) is 11.3 Å². The van der Waals surface area contributed by atoms with Gasteiger partial charge in [0.25, 0.3) is 0 Å². The molecule has 4 heteroatoms. The van der Waals surface area contributed by atoms with Gasteiger partial charge in [-0.15, -0.1) is 0 Å². The molecule has 0 bridgehead atoms. The number of esters is 1. The molecule has 0 amide bonds. The third kappa shape index (κ3) is 2.69. The molecule has 1 heterocycles. The van der Waals surface area contributed by atoms with Gasteiger partial charge in [-0.1, -0.05) is 24.3 Å². The number of rotatable bonds is 4. The molecule has 19 heavy (non-hydrogen) atoms. The standard InChI is InChI=1S/C15H16O4/c1-3-18-14(16)15(2,17)12-8-6-11(7-9-12)13-5-4-10-19-13/h4-10,17H,3H2,1-2H3. The van der Waals surface area contributed by atoms with Crippen LogP contribution in [-0.2, 0) is 15.1 Å². The Morgan fingerprint density at radius 1 is 1.32 bits per heavy atom. The van der Waals surface area contributed by atoms with Crippen LogP contribution in [0.15, 0.2) is 47.1 Å². The van der Waals surface area contributed by atoms with Gasteiger partial charge in [-0.05, 0) is 31.5 Å². The second kappa shape index (κ2) is 5.28. The molecule has 0 saturated heterocycles. The van der Waals surface area contributed by atoms with Crippen LogP contribution in [0, 0.1) is 0 Å². The fourth-order valence-corrected chi connectivity index (χ4v) is 1.79. The van der Waals surface area contributed by atoms with Crippen LogP contribution in [0.4, 0.5) is 0 Å². The van der Waals surface area contributed by atoms with E-state index < -0.39 is 11.6 Å². The molecule has 1 aromatic heterocycles. The van der Waals surface area contributed by atoms with Crippen LogP contribution in [0.25, 0.3) is 11.3 Å². The van der Waals surface area contributed by atoms with Crippen molar-refractivity contribution in [2.24, 2.45) is 0 Å². The van der Waals surface area contributed by atoms with Crippen molar-refractivity contribution in [2.45, 2.75) is 19.4 Å². The van der Waals surface area contributed by atoms with Gasteiger partial charge in [-0.2, -0.15) is 0 Å². The molecule has 1 aromatic carbocycles. The first-order valence-electron chi connectivity index (χ1n) is 6.09. The van der Waals surface area contributed by atoms with Gasteiger partial charge in [0.05, 0.1) is 12.9 Å². The maximum Gasteiger partial charge on any atom is 0.342 e. The highest BCUT2D eigenvalue weighted by Crippen LogP contribution is 2.26. The average molecular weight is 260 g/mol. The van der Waals surface area contributed by atoms with Crippen molar-refractivity contribution in [3.05, 3.63) is 48.2 Å². The predicted octanol–water partition coefficient (Wildman–Crippen LogP) is 2.72. The number of hydrogen-bond acceptors (Lipinski definition) is 4. The third-order valence-electron chi connectivity index (χ3n) is 2.93. The molecule has 0 fully saturated rings. The largest absolute Gasteiger partial charge is 0.464 e. The molecule has 0 aliphatic heterocycles. The molecule has 100 valence electrons. The minimum atomic E-state index is -1.64. The van der Waals surface area contributed by atoms with E-state index in [9.17, 15) is 9.90 Å². The SMILES string of the molecule is CCOC(=O)C(C)(O)c1ccc(-c2ccco2)cc1. The summed E-state index contributed by atoms with van der Waals surface area (Å²) < 4.78 is 10.1. The molecule has 4 nitrogen and oxygen atoms in total. The van der Waals surface area contributed by atoms with Crippen molar-refractivity contribution in [3.63, 3.8) is 0 Å². The zero-order valence-corrected chi connectivity index (χ0v) is 10.9. The highest BCUT2D eigenvalue weighted by Gasteiger charge is 2.33. The molecule has 1 N–H and O–H groups in total. The molecular formula is C15H16O4. The first kappa shape index (κ1) is 13.4. The maximum absolute atomic E-state index is 11.7. The Balaban J connectivity index is 2.25. The summed E-state index contributed by atoms with van der Waals surface area (Å²) >= 11 is 0. The minimum Gasteiger partial charge on any atom is -0.464 e.